The van der Waals surface area contributed by atoms with Crippen molar-refractivity contribution in [3.8, 4) is 22.8 Å². The molecule has 4 heterocycles. The van der Waals surface area contributed by atoms with Gasteiger partial charge in [0.15, 0.2) is 0 Å². The van der Waals surface area contributed by atoms with E-state index in [1.165, 1.54) is 5.56 Å². The van der Waals surface area contributed by atoms with E-state index in [0.717, 1.165) is 54.0 Å². The number of nitrogens with one attached hydrogen (secondary N) is 1. The number of H-pyrrole nitrogens is 1. The van der Waals surface area contributed by atoms with E-state index in [0.29, 0.717) is 31.0 Å². The third-order valence-corrected chi connectivity index (χ3v) is 7.68. The Morgan fingerprint density at radius 3 is 2.51 bits per heavy atom. The highest BCUT2D eigenvalue weighted by molar-refractivity contribution is 5.97. The van der Waals surface area contributed by atoms with Crippen LogP contribution in [0.2, 0.25) is 0 Å². The van der Waals surface area contributed by atoms with Gasteiger partial charge in [-0.15, -0.1) is 0 Å². The minimum Gasteiger partial charge on any atom is -0.457 e. The summed E-state index contributed by atoms with van der Waals surface area (Å²) < 4.78 is 8.26. The largest absolute Gasteiger partial charge is 0.457 e. The van der Waals surface area contributed by atoms with Crippen LogP contribution in [0.15, 0.2) is 85.3 Å². The molecule has 41 heavy (non-hydrogen) atoms. The topological polar surface area (TPSA) is 105 Å². The number of ether oxygens (including phenoxy) is 1. The third kappa shape index (κ3) is 5.86. The number of aromatic amines is 1. The van der Waals surface area contributed by atoms with Gasteiger partial charge in [-0.3, -0.25) is 14.4 Å². The van der Waals surface area contributed by atoms with Crippen molar-refractivity contribution in [3.63, 3.8) is 0 Å². The Labute approximate surface area is 239 Å². The first-order valence-corrected chi connectivity index (χ1v) is 14.1. The lowest BCUT2D eigenvalue weighted by atomic mass is 10.0. The first-order chi connectivity index (χ1) is 20.1. The van der Waals surface area contributed by atoms with Crippen molar-refractivity contribution in [3.05, 3.63) is 96.4 Å². The Morgan fingerprint density at radius 1 is 0.976 bits per heavy atom. The molecule has 6 rings (SSSR count). The zero-order valence-corrected chi connectivity index (χ0v) is 23.2. The maximum absolute atomic E-state index is 13.1. The van der Waals surface area contributed by atoms with Crippen molar-refractivity contribution in [2.45, 2.75) is 32.5 Å². The average molecular weight is 550 g/mol. The first-order valence-electron chi connectivity index (χ1n) is 14.1. The van der Waals surface area contributed by atoms with Crippen LogP contribution in [0.1, 0.15) is 18.1 Å². The zero-order valence-electron chi connectivity index (χ0n) is 23.2. The van der Waals surface area contributed by atoms with Gasteiger partial charge in [0, 0.05) is 63.4 Å². The summed E-state index contributed by atoms with van der Waals surface area (Å²) in [5.41, 5.74) is 11.4. The summed E-state index contributed by atoms with van der Waals surface area (Å²) in [6.45, 7) is 6.84. The van der Waals surface area contributed by atoms with Crippen LogP contribution < -0.4 is 10.5 Å². The minimum atomic E-state index is -0.576. The number of nitrogens with zero attached hydrogens (tertiary/aromatic N) is 5. The summed E-state index contributed by atoms with van der Waals surface area (Å²) in [6.07, 6.45) is 5.95. The molecular formula is C32H35N7O2. The fraction of sp³-hybridized carbons (Fsp3) is 0.281. The maximum Gasteiger partial charge on any atom is 0.239 e. The third-order valence-electron chi connectivity index (χ3n) is 7.68. The standard InChI is InChI=1S/C32H35N7O2/c1-2-39-28(12-15-36-39)26-21-35-31-30(26)29(13-14-34-31)41-25-10-8-23(9-11-25)20-27(33)32(40)38-18-16-37(17-19-38)22-24-6-4-3-5-7-24/h3-15,21,27H,2,16-20,22,33H2,1H3,(H,34,35)/t27-/m0/s1. The van der Waals surface area contributed by atoms with Crippen molar-refractivity contribution < 1.29 is 9.53 Å². The summed E-state index contributed by atoms with van der Waals surface area (Å²) >= 11 is 0. The van der Waals surface area contributed by atoms with Crippen LogP contribution in [0.5, 0.6) is 11.5 Å². The lowest BCUT2D eigenvalue weighted by Gasteiger charge is -2.36. The molecule has 0 saturated carbocycles. The molecule has 2 aromatic carbocycles. The van der Waals surface area contributed by atoms with Crippen LogP contribution >= 0.6 is 0 Å². The molecule has 9 nitrogen and oxygen atoms in total. The molecule has 0 aliphatic carbocycles. The minimum absolute atomic E-state index is 0.00942. The molecule has 0 spiro atoms. The summed E-state index contributed by atoms with van der Waals surface area (Å²) in [4.78, 5) is 25.1. The second-order valence-electron chi connectivity index (χ2n) is 10.4. The smallest absolute Gasteiger partial charge is 0.239 e. The van der Waals surface area contributed by atoms with E-state index in [4.69, 9.17) is 10.5 Å². The fourth-order valence-electron chi connectivity index (χ4n) is 5.49. The Balaban J connectivity index is 1.07. The van der Waals surface area contributed by atoms with Crippen LogP contribution in [0.25, 0.3) is 22.3 Å². The molecule has 0 bridgehead atoms. The molecule has 3 aromatic heterocycles. The van der Waals surface area contributed by atoms with Crippen LogP contribution in [-0.2, 0) is 24.3 Å². The number of carbonyl (C=O) groups is 1. The Hall–Kier alpha value is -4.47. The summed E-state index contributed by atoms with van der Waals surface area (Å²) in [5, 5.41) is 5.31. The second kappa shape index (κ2) is 12.0. The van der Waals surface area contributed by atoms with Crippen molar-refractivity contribution >= 4 is 16.9 Å². The number of carbonyl (C=O) groups excluding carboxylic acids is 1. The van der Waals surface area contributed by atoms with Gasteiger partial charge in [-0.05, 0) is 48.7 Å². The van der Waals surface area contributed by atoms with Gasteiger partial charge in [0.25, 0.3) is 0 Å². The number of aromatic nitrogens is 4. The van der Waals surface area contributed by atoms with Gasteiger partial charge in [0.1, 0.15) is 17.1 Å². The zero-order chi connectivity index (χ0) is 28.2. The molecule has 3 N–H and O–H groups in total. The number of pyridine rings is 1. The number of hydrogen-bond acceptors (Lipinski definition) is 6. The van der Waals surface area contributed by atoms with E-state index < -0.39 is 6.04 Å². The number of fused-ring (bicyclic) bond motifs is 1. The van der Waals surface area contributed by atoms with Crippen LogP contribution in [0.3, 0.4) is 0 Å². The highest BCUT2D eigenvalue weighted by Crippen LogP contribution is 2.36. The molecule has 210 valence electrons. The van der Waals surface area contributed by atoms with Gasteiger partial charge < -0.3 is 20.4 Å². The summed E-state index contributed by atoms with van der Waals surface area (Å²) in [5.74, 6) is 1.42. The predicted molar refractivity (Wildman–Crippen MR) is 159 cm³/mol. The van der Waals surface area contributed by atoms with Gasteiger partial charge in [0.2, 0.25) is 5.91 Å². The molecule has 1 fully saturated rings. The molecule has 5 aromatic rings. The van der Waals surface area contributed by atoms with Crippen LogP contribution in [-0.4, -0.2) is 67.7 Å². The van der Waals surface area contributed by atoms with Crippen molar-refractivity contribution in [2.24, 2.45) is 5.73 Å². The van der Waals surface area contributed by atoms with Crippen LogP contribution in [0.4, 0.5) is 0 Å². The van der Waals surface area contributed by atoms with Gasteiger partial charge in [-0.25, -0.2) is 4.98 Å². The van der Waals surface area contributed by atoms with E-state index in [1.54, 1.807) is 12.4 Å². The van der Waals surface area contributed by atoms with Gasteiger partial charge in [0.05, 0.1) is 17.1 Å². The number of hydrogen-bond donors (Lipinski definition) is 2. The Morgan fingerprint density at radius 2 is 1.76 bits per heavy atom. The molecule has 0 unspecified atom stereocenters. The van der Waals surface area contributed by atoms with Gasteiger partial charge in [-0.2, -0.15) is 5.10 Å². The van der Waals surface area contributed by atoms with E-state index in [9.17, 15) is 4.79 Å². The molecular weight excluding hydrogens is 514 g/mol. The predicted octanol–water partition coefficient (Wildman–Crippen LogP) is 4.45. The van der Waals surface area contributed by atoms with Crippen molar-refractivity contribution in [2.75, 3.05) is 26.2 Å². The van der Waals surface area contributed by atoms with E-state index >= 15 is 0 Å². The molecule has 1 saturated heterocycles. The second-order valence-corrected chi connectivity index (χ2v) is 10.4. The fourth-order valence-corrected chi connectivity index (χ4v) is 5.49. The average Bonchev–Trinajstić information content (AvgIpc) is 3.66. The first kappa shape index (κ1) is 26.7. The lowest BCUT2D eigenvalue weighted by molar-refractivity contribution is -0.134. The number of amides is 1. The van der Waals surface area contributed by atoms with Crippen LogP contribution in [0, 0.1) is 0 Å². The molecule has 1 aliphatic rings. The molecule has 1 aliphatic heterocycles. The number of benzene rings is 2. The van der Waals surface area contributed by atoms with E-state index in [-0.39, 0.29) is 5.91 Å². The number of aryl methyl sites for hydroxylation is 1. The molecule has 1 amide bonds. The highest BCUT2D eigenvalue weighted by Gasteiger charge is 2.25. The lowest BCUT2D eigenvalue weighted by Crippen LogP contribution is -2.53. The number of rotatable bonds is 9. The summed E-state index contributed by atoms with van der Waals surface area (Å²) in [7, 11) is 0. The van der Waals surface area contributed by atoms with Gasteiger partial charge >= 0.3 is 0 Å². The Kier molecular flexibility index (Phi) is 7.80. The highest BCUT2D eigenvalue weighted by atomic mass is 16.5. The SMILES string of the molecule is CCn1nccc1-c1c[nH]c2nccc(Oc3ccc(C[C@H](N)C(=O)N4CCN(Cc5ccccc5)CC4)cc3)c12. The van der Waals surface area contributed by atoms with E-state index in [2.05, 4.69) is 51.2 Å². The number of nitrogens with two attached hydrogens (primary N) is 1. The monoisotopic (exact) mass is 549 g/mol. The van der Waals surface area contributed by atoms with Crippen molar-refractivity contribution in [1.29, 1.82) is 0 Å². The maximum atomic E-state index is 13.1. The summed E-state index contributed by atoms with van der Waals surface area (Å²) in [6, 6.07) is 21.5. The number of piperazine rings is 1. The van der Waals surface area contributed by atoms with Crippen molar-refractivity contribution in [1.82, 2.24) is 29.5 Å². The quantitative estimate of drug-likeness (QED) is 0.281. The molecule has 9 heteroatoms. The van der Waals surface area contributed by atoms with Gasteiger partial charge in [-0.1, -0.05) is 42.5 Å². The molecule has 1 atom stereocenters. The Bertz CT molecular complexity index is 1600. The molecule has 0 radical (unpaired) electrons. The van der Waals surface area contributed by atoms with E-state index in [1.807, 2.05) is 58.2 Å². The normalized spacial score (nSPS) is 14.8.